The van der Waals surface area contributed by atoms with Gasteiger partial charge in [-0.05, 0) is 69.1 Å². The molecule has 1 aliphatic carbocycles. The van der Waals surface area contributed by atoms with Gasteiger partial charge in [0.1, 0.15) is 5.82 Å². The van der Waals surface area contributed by atoms with E-state index in [2.05, 4.69) is 43.7 Å². The summed E-state index contributed by atoms with van der Waals surface area (Å²) in [4.78, 5) is 11.3. The minimum Gasteiger partial charge on any atom is -0.357 e. The molecule has 2 heterocycles. The van der Waals surface area contributed by atoms with Gasteiger partial charge >= 0.3 is 0 Å². The lowest BCUT2D eigenvalue weighted by molar-refractivity contribution is 0.573. The largest absolute Gasteiger partial charge is 0.357 e. The van der Waals surface area contributed by atoms with Crippen LogP contribution in [0.1, 0.15) is 56.9 Å². The molecule has 0 spiro atoms. The van der Waals surface area contributed by atoms with E-state index in [4.69, 9.17) is 0 Å². The summed E-state index contributed by atoms with van der Waals surface area (Å²) in [5.41, 5.74) is 2.85. The predicted molar refractivity (Wildman–Crippen MR) is 110 cm³/mol. The van der Waals surface area contributed by atoms with Crippen LogP contribution in [0.25, 0.3) is 0 Å². The highest BCUT2D eigenvalue weighted by Gasteiger charge is 2.12. The van der Waals surface area contributed by atoms with Gasteiger partial charge in [0.2, 0.25) is 0 Å². The molecule has 1 aromatic heterocycles. The van der Waals surface area contributed by atoms with E-state index >= 15 is 0 Å². The van der Waals surface area contributed by atoms with Crippen LogP contribution in [0.3, 0.4) is 0 Å². The number of aliphatic imine (C=N–C) groups is 1. The Balaban J connectivity index is 1.45. The van der Waals surface area contributed by atoms with E-state index in [-0.39, 0.29) is 0 Å². The fourth-order valence-corrected chi connectivity index (χ4v) is 3.75. The standard InChI is InChI=1S/C21H33N5/c1-22-21(24-13-10-18-8-4-2-5-9-18)25-17-19-11-12-23-20(16-19)26-14-6-3-7-15-26/h8,11-12,16H,2-7,9-10,13-15,17H2,1H3,(H2,22,24,25). The SMILES string of the molecule is CN=C(NCCC1=CCCCC1)NCc1ccnc(N2CCCCC2)c1. The summed E-state index contributed by atoms with van der Waals surface area (Å²) in [7, 11) is 1.83. The Hall–Kier alpha value is -2.04. The van der Waals surface area contributed by atoms with Crippen molar-refractivity contribution >= 4 is 11.8 Å². The lowest BCUT2D eigenvalue weighted by Crippen LogP contribution is -2.37. The maximum absolute atomic E-state index is 4.56. The molecule has 142 valence electrons. The summed E-state index contributed by atoms with van der Waals surface area (Å²) in [6, 6.07) is 4.29. The molecule has 3 rings (SSSR count). The molecule has 0 amide bonds. The van der Waals surface area contributed by atoms with Crippen LogP contribution in [0, 0.1) is 0 Å². The summed E-state index contributed by atoms with van der Waals surface area (Å²) in [6.45, 7) is 3.97. The second kappa shape index (κ2) is 10.2. The second-order valence-corrected chi connectivity index (χ2v) is 7.28. The third-order valence-electron chi connectivity index (χ3n) is 5.30. The number of hydrogen-bond acceptors (Lipinski definition) is 3. The van der Waals surface area contributed by atoms with Crippen molar-refractivity contribution in [1.29, 1.82) is 0 Å². The molecule has 0 bridgehead atoms. The number of guanidine groups is 1. The number of allylic oxidation sites excluding steroid dienone is 1. The monoisotopic (exact) mass is 355 g/mol. The quantitative estimate of drug-likeness (QED) is 0.465. The van der Waals surface area contributed by atoms with Crippen LogP contribution in [0.5, 0.6) is 0 Å². The molecular weight excluding hydrogens is 322 g/mol. The molecule has 0 unspecified atom stereocenters. The summed E-state index contributed by atoms with van der Waals surface area (Å²) in [5.74, 6) is 1.98. The predicted octanol–water partition coefficient (Wildman–Crippen LogP) is 3.63. The molecule has 1 aliphatic heterocycles. The molecule has 1 fully saturated rings. The first-order valence-electron chi connectivity index (χ1n) is 10.2. The normalized spacial score (nSPS) is 18.4. The smallest absolute Gasteiger partial charge is 0.191 e. The van der Waals surface area contributed by atoms with E-state index in [1.54, 1.807) is 5.57 Å². The zero-order valence-corrected chi connectivity index (χ0v) is 16.1. The van der Waals surface area contributed by atoms with Gasteiger partial charge in [-0.2, -0.15) is 0 Å². The number of aromatic nitrogens is 1. The first kappa shape index (κ1) is 18.7. The van der Waals surface area contributed by atoms with Gasteiger partial charge < -0.3 is 15.5 Å². The number of rotatable bonds is 6. The lowest BCUT2D eigenvalue weighted by atomic mass is 9.97. The number of nitrogens with zero attached hydrogens (tertiary/aromatic N) is 3. The maximum atomic E-state index is 4.56. The van der Waals surface area contributed by atoms with Gasteiger partial charge in [0.25, 0.3) is 0 Å². The topological polar surface area (TPSA) is 52.6 Å². The van der Waals surface area contributed by atoms with Crippen molar-refractivity contribution in [3.8, 4) is 0 Å². The van der Waals surface area contributed by atoms with Gasteiger partial charge in [-0.15, -0.1) is 0 Å². The van der Waals surface area contributed by atoms with E-state index in [1.807, 2.05) is 13.2 Å². The zero-order valence-electron chi connectivity index (χ0n) is 16.1. The van der Waals surface area contributed by atoms with Crippen molar-refractivity contribution in [3.05, 3.63) is 35.5 Å². The number of hydrogen-bond donors (Lipinski definition) is 2. The third-order valence-corrected chi connectivity index (χ3v) is 5.30. The van der Waals surface area contributed by atoms with Gasteiger partial charge in [0, 0.05) is 39.4 Å². The molecule has 5 nitrogen and oxygen atoms in total. The second-order valence-electron chi connectivity index (χ2n) is 7.28. The van der Waals surface area contributed by atoms with Crippen molar-refractivity contribution in [2.24, 2.45) is 4.99 Å². The highest BCUT2D eigenvalue weighted by molar-refractivity contribution is 5.79. The Morgan fingerprint density at radius 3 is 2.81 bits per heavy atom. The number of pyridine rings is 1. The molecule has 0 radical (unpaired) electrons. The van der Waals surface area contributed by atoms with E-state index < -0.39 is 0 Å². The molecule has 5 heteroatoms. The Labute approximate surface area is 158 Å². The van der Waals surface area contributed by atoms with E-state index in [0.29, 0.717) is 0 Å². The van der Waals surface area contributed by atoms with Crippen LogP contribution in [0.4, 0.5) is 5.82 Å². The Kier molecular flexibility index (Phi) is 7.35. The Morgan fingerprint density at radius 2 is 2.04 bits per heavy atom. The van der Waals surface area contributed by atoms with Crippen LogP contribution in [0.15, 0.2) is 35.0 Å². The van der Waals surface area contributed by atoms with E-state index in [1.165, 1.54) is 50.5 Å². The molecule has 0 aromatic carbocycles. The van der Waals surface area contributed by atoms with E-state index in [9.17, 15) is 0 Å². The summed E-state index contributed by atoms with van der Waals surface area (Å²) in [5, 5.41) is 6.86. The first-order chi connectivity index (χ1) is 12.8. The number of piperidine rings is 1. The van der Waals surface area contributed by atoms with Gasteiger partial charge in [-0.25, -0.2) is 4.98 Å². The molecule has 0 atom stereocenters. The van der Waals surface area contributed by atoms with Crippen LogP contribution in [-0.4, -0.2) is 37.6 Å². The average molecular weight is 356 g/mol. The Morgan fingerprint density at radius 1 is 1.15 bits per heavy atom. The molecule has 2 N–H and O–H groups in total. The molecule has 1 saturated heterocycles. The highest BCUT2D eigenvalue weighted by atomic mass is 15.2. The van der Waals surface area contributed by atoms with E-state index in [0.717, 1.165) is 44.4 Å². The average Bonchev–Trinajstić information content (AvgIpc) is 2.72. The van der Waals surface area contributed by atoms with Crippen LogP contribution < -0.4 is 15.5 Å². The van der Waals surface area contributed by atoms with Crippen molar-refractivity contribution in [2.45, 2.75) is 57.9 Å². The molecule has 0 saturated carbocycles. The van der Waals surface area contributed by atoms with Gasteiger partial charge in [0.15, 0.2) is 5.96 Å². The molecular formula is C21H33N5. The van der Waals surface area contributed by atoms with Crippen LogP contribution in [0.2, 0.25) is 0 Å². The van der Waals surface area contributed by atoms with Crippen molar-refractivity contribution < 1.29 is 0 Å². The van der Waals surface area contributed by atoms with Crippen LogP contribution >= 0.6 is 0 Å². The van der Waals surface area contributed by atoms with Gasteiger partial charge in [0.05, 0.1) is 0 Å². The van der Waals surface area contributed by atoms with Gasteiger partial charge in [-0.1, -0.05) is 11.6 Å². The fraction of sp³-hybridized carbons (Fsp3) is 0.619. The summed E-state index contributed by atoms with van der Waals surface area (Å²) in [6.07, 6.45) is 14.6. The van der Waals surface area contributed by atoms with Crippen molar-refractivity contribution in [1.82, 2.24) is 15.6 Å². The van der Waals surface area contributed by atoms with Crippen molar-refractivity contribution in [3.63, 3.8) is 0 Å². The highest BCUT2D eigenvalue weighted by Crippen LogP contribution is 2.19. The maximum Gasteiger partial charge on any atom is 0.191 e. The third kappa shape index (κ3) is 5.75. The minimum atomic E-state index is 0.770. The zero-order chi connectivity index (χ0) is 18.0. The Bertz CT molecular complexity index is 617. The fourth-order valence-electron chi connectivity index (χ4n) is 3.75. The van der Waals surface area contributed by atoms with Crippen LogP contribution in [-0.2, 0) is 6.54 Å². The lowest BCUT2D eigenvalue weighted by Gasteiger charge is -2.28. The molecule has 26 heavy (non-hydrogen) atoms. The van der Waals surface area contributed by atoms with Crippen molar-refractivity contribution in [2.75, 3.05) is 31.6 Å². The minimum absolute atomic E-state index is 0.770. The molecule has 2 aliphatic rings. The summed E-state index contributed by atoms with van der Waals surface area (Å²) < 4.78 is 0. The number of anilines is 1. The van der Waals surface area contributed by atoms with Gasteiger partial charge in [-0.3, -0.25) is 4.99 Å². The number of nitrogens with one attached hydrogen (secondary N) is 2. The summed E-state index contributed by atoms with van der Waals surface area (Å²) >= 11 is 0. The first-order valence-corrected chi connectivity index (χ1v) is 10.2. The molecule has 1 aromatic rings.